The minimum atomic E-state index is -0.0763. The van der Waals surface area contributed by atoms with Gasteiger partial charge in [-0.25, -0.2) is 4.98 Å². The van der Waals surface area contributed by atoms with E-state index in [1.807, 2.05) is 0 Å². The molecule has 2 aromatic heterocycles. The van der Waals surface area contributed by atoms with Crippen molar-refractivity contribution >= 4 is 22.4 Å². The van der Waals surface area contributed by atoms with Gasteiger partial charge in [-0.05, 0) is 12.1 Å². The van der Waals surface area contributed by atoms with Crippen molar-refractivity contribution in [2.75, 3.05) is 12.3 Å². The third-order valence-corrected chi connectivity index (χ3v) is 3.68. The van der Waals surface area contributed by atoms with E-state index < -0.39 is 0 Å². The first-order chi connectivity index (χ1) is 8.24. The lowest BCUT2D eigenvalue weighted by Crippen LogP contribution is -2.35. The van der Waals surface area contributed by atoms with Crippen molar-refractivity contribution in [1.82, 2.24) is 9.88 Å². The van der Waals surface area contributed by atoms with E-state index in [0.717, 1.165) is 17.0 Å². The van der Waals surface area contributed by atoms with Crippen LogP contribution < -0.4 is 5.73 Å². The van der Waals surface area contributed by atoms with Gasteiger partial charge in [0.05, 0.1) is 18.5 Å². The number of nitrogen functional groups attached to an aromatic ring is 1. The molecule has 0 aliphatic carbocycles. The van der Waals surface area contributed by atoms with Crippen LogP contribution in [-0.4, -0.2) is 22.3 Å². The van der Waals surface area contributed by atoms with Gasteiger partial charge in [-0.1, -0.05) is 0 Å². The van der Waals surface area contributed by atoms with Gasteiger partial charge in [0.15, 0.2) is 10.9 Å². The van der Waals surface area contributed by atoms with Crippen molar-refractivity contribution in [3.63, 3.8) is 0 Å². The van der Waals surface area contributed by atoms with Gasteiger partial charge in [0.2, 0.25) is 0 Å². The summed E-state index contributed by atoms with van der Waals surface area (Å²) in [4.78, 5) is 19.1. The predicted octanol–water partition coefficient (Wildman–Crippen LogP) is 1.52. The summed E-state index contributed by atoms with van der Waals surface area (Å²) in [5.74, 6) is 0.304. The van der Waals surface area contributed by atoms with Crippen LogP contribution in [0.3, 0.4) is 0 Å². The van der Waals surface area contributed by atoms with Crippen molar-refractivity contribution < 1.29 is 9.21 Å². The summed E-state index contributed by atoms with van der Waals surface area (Å²) in [6.07, 6.45) is 2.27. The van der Waals surface area contributed by atoms with Crippen LogP contribution in [0, 0.1) is 0 Å². The van der Waals surface area contributed by atoms with Crippen molar-refractivity contribution in [1.29, 1.82) is 0 Å². The number of hydrogen-bond acceptors (Lipinski definition) is 5. The predicted molar refractivity (Wildman–Crippen MR) is 63.7 cm³/mol. The minimum absolute atomic E-state index is 0.0763. The van der Waals surface area contributed by atoms with E-state index in [-0.39, 0.29) is 5.91 Å². The van der Waals surface area contributed by atoms with Gasteiger partial charge in [-0.3, -0.25) is 4.79 Å². The lowest BCUT2D eigenvalue weighted by molar-refractivity contribution is 0.0704. The molecule has 17 heavy (non-hydrogen) atoms. The molecule has 2 aromatic rings. The number of amides is 1. The highest BCUT2D eigenvalue weighted by atomic mass is 32.1. The van der Waals surface area contributed by atoms with Crippen LogP contribution in [-0.2, 0) is 13.0 Å². The molecule has 1 aliphatic rings. The summed E-state index contributed by atoms with van der Waals surface area (Å²) in [7, 11) is 0. The summed E-state index contributed by atoms with van der Waals surface area (Å²) in [6.45, 7) is 1.24. The molecular weight excluding hydrogens is 238 g/mol. The molecule has 5 nitrogen and oxygen atoms in total. The molecule has 2 N–H and O–H groups in total. The maximum Gasteiger partial charge on any atom is 0.289 e. The van der Waals surface area contributed by atoms with Gasteiger partial charge < -0.3 is 15.1 Å². The average Bonchev–Trinajstić information content (AvgIpc) is 2.94. The summed E-state index contributed by atoms with van der Waals surface area (Å²) < 4.78 is 5.11. The zero-order valence-electron chi connectivity index (χ0n) is 9.05. The minimum Gasteiger partial charge on any atom is -0.459 e. The molecule has 0 bridgehead atoms. The third kappa shape index (κ3) is 1.80. The normalized spacial score (nSPS) is 14.7. The van der Waals surface area contributed by atoms with Crippen LogP contribution in [0.2, 0.25) is 0 Å². The van der Waals surface area contributed by atoms with Gasteiger partial charge in [0.1, 0.15) is 0 Å². The second-order valence-corrected chi connectivity index (χ2v) is 4.99. The highest BCUT2D eigenvalue weighted by Crippen LogP contribution is 2.27. The second-order valence-electron chi connectivity index (χ2n) is 3.88. The lowest BCUT2D eigenvalue weighted by atomic mass is 10.1. The Morgan fingerprint density at radius 3 is 3.24 bits per heavy atom. The molecule has 3 rings (SSSR count). The zero-order chi connectivity index (χ0) is 11.8. The van der Waals surface area contributed by atoms with Crippen molar-refractivity contribution in [2.24, 2.45) is 0 Å². The largest absolute Gasteiger partial charge is 0.459 e. The fourth-order valence-corrected chi connectivity index (χ4v) is 2.84. The number of nitrogens with zero attached hydrogens (tertiary/aromatic N) is 2. The Kier molecular flexibility index (Phi) is 2.36. The zero-order valence-corrected chi connectivity index (χ0v) is 9.87. The maximum atomic E-state index is 12.1. The molecule has 0 fully saturated rings. The highest BCUT2D eigenvalue weighted by molar-refractivity contribution is 7.15. The first-order valence-corrected chi connectivity index (χ1v) is 6.12. The van der Waals surface area contributed by atoms with Crippen LogP contribution in [0.25, 0.3) is 0 Å². The Hall–Kier alpha value is -1.82. The number of rotatable bonds is 1. The molecule has 0 radical (unpaired) electrons. The Morgan fingerprint density at radius 1 is 1.59 bits per heavy atom. The molecule has 0 spiro atoms. The number of fused-ring (bicyclic) bond motifs is 1. The van der Waals surface area contributed by atoms with Crippen molar-refractivity contribution in [3.05, 3.63) is 34.7 Å². The number of nitrogens with two attached hydrogens (primary N) is 1. The number of furan rings is 1. The van der Waals surface area contributed by atoms with E-state index in [4.69, 9.17) is 10.2 Å². The number of carbonyl (C=O) groups excluding carboxylic acids is 1. The smallest absolute Gasteiger partial charge is 0.289 e. The molecule has 0 atom stereocenters. The Balaban J connectivity index is 1.82. The first-order valence-electron chi connectivity index (χ1n) is 5.31. The van der Waals surface area contributed by atoms with Gasteiger partial charge >= 0.3 is 0 Å². The molecule has 3 heterocycles. The molecular formula is C11H11N3O2S. The molecule has 1 amide bonds. The van der Waals surface area contributed by atoms with Crippen LogP contribution in [0.1, 0.15) is 21.1 Å². The third-order valence-electron chi connectivity index (χ3n) is 2.77. The fourth-order valence-electron chi connectivity index (χ4n) is 1.94. The topological polar surface area (TPSA) is 72.4 Å². The molecule has 0 saturated heterocycles. The number of aromatic nitrogens is 1. The molecule has 1 aliphatic heterocycles. The van der Waals surface area contributed by atoms with Gasteiger partial charge in [-0.15, -0.1) is 11.3 Å². The maximum absolute atomic E-state index is 12.1. The number of hydrogen-bond donors (Lipinski definition) is 1. The van der Waals surface area contributed by atoms with E-state index in [2.05, 4.69) is 4.98 Å². The first kappa shape index (κ1) is 10.3. The molecule has 88 valence electrons. The van der Waals surface area contributed by atoms with Crippen molar-refractivity contribution in [2.45, 2.75) is 13.0 Å². The molecule has 0 saturated carbocycles. The van der Waals surface area contributed by atoms with Crippen molar-refractivity contribution in [3.8, 4) is 0 Å². The summed E-state index contributed by atoms with van der Waals surface area (Å²) in [5.41, 5.74) is 6.68. The van der Waals surface area contributed by atoms with Gasteiger partial charge in [0.25, 0.3) is 5.91 Å². The standard InChI is InChI=1S/C11H11N3O2S/c12-11-13-7-3-4-14(6-9(7)17-11)10(15)8-2-1-5-16-8/h1-2,5H,3-4,6H2,(H2,12,13). The van der Waals surface area contributed by atoms with Crippen LogP contribution in [0.4, 0.5) is 5.13 Å². The SMILES string of the molecule is Nc1nc2c(s1)CN(C(=O)c1ccco1)CC2. The highest BCUT2D eigenvalue weighted by Gasteiger charge is 2.25. The fraction of sp³-hybridized carbons (Fsp3) is 0.273. The van der Waals surface area contributed by atoms with Crippen LogP contribution in [0.15, 0.2) is 22.8 Å². The summed E-state index contributed by atoms with van der Waals surface area (Å²) in [6, 6.07) is 3.40. The molecule has 0 unspecified atom stereocenters. The van der Waals surface area contributed by atoms with E-state index in [9.17, 15) is 4.79 Å². The number of anilines is 1. The number of carbonyl (C=O) groups is 1. The Morgan fingerprint density at radius 2 is 2.47 bits per heavy atom. The Labute approximate surface area is 102 Å². The molecule has 0 aromatic carbocycles. The van der Waals surface area contributed by atoms with Crippen LogP contribution >= 0.6 is 11.3 Å². The average molecular weight is 249 g/mol. The summed E-state index contributed by atoms with van der Waals surface area (Å²) >= 11 is 1.45. The monoisotopic (exact) mass is 249 g/mol. The van der Waals surface area contributed by atoms with Gasteiger partial charge in [0, 0.05) is 17.8 Å². The van der Waals surface area contributed by atoms with E-state index in [1.54, 1.807) is 17.0 Å². The van der Waals surface area contributed by atoms with Crippen LogP contribution in [0.5, 0.6) is 0 Å². The lowest BCUT2D eigenvalue weighted by Gasteiger charge is -2.25. The van der Waals surface area contributed by atoms with Gasteiger partial charge in [-0.2, -0.15) is 0 Å². The summed E-state index contributed by atoms with van der Waals surface area (Å²) in [5, 5.41) is 0.572. The Bertz CT molecular complexity index is 547. The van der Waals surface area contributed by atoms with E-state index in [0.29, 0.717) is 24.0 Å². The second kappa shape index (κ2) is 3.89. The van der Waals surface area contributed by atoms with E-state index >= 15 is 0 Å². The van der Waals surface area contributed by atoms with E-state index in [1.165, 1.54) is 17.6 Å². The quantitative estimate of drug-likeness (QED) is 0.831. The number of thiazole rings is 1. The molecule has 6 heteroatoms.